The minimum atomic E-state index is -0.228. The largest absolute Gasteiger partial charge is 0.340 e. The molecule has 6 heteroatoms. The van der Waals surface area contributed by atoms with E-state index in [0.717, 1.165) is 50.1 Å². The molecular formula is C28H23ClN2O2S. The van der Waals surface area contributed by atoms with Crippen molar-refractivity contribution < 1.29 is 9.59 Å². The van der Waals surface area contributed by atoms with Gasteiger partial charge in [0, 0.05) is 40.3 Å². The van der Waals surface area contributed by atoms with Crippen LogP contribution in [-0.2, 0) is 17.8 Å². The third-order valence-electron chi connectivity index (χ3n) is 6.18. The van der Waals surface area contributed by atoms with Crippen molar-refractivity contribution in [2.24, 2.45) is 0 Å². The van der Waals surface area contributed by atoms with Crippen LogP contribution in [-0.4, -0.2) is 27.2 Å². The van der Waals surface area contributed by atoms with E-state index in [-0.39, 0.29) is 11.1 Å². The van der Waals surface area contributed by atoms with E-state index in [0.29, 0.717) is 24.4 Å². The summed E-state index contributed by atoms with van der Waals surface area (Å²) in [5.41, 5.74) is 5.17. The smallest absolute Gasteiger partial charge is 0.293 e. The van der Waals surface area contributed by atoms with E-state index in [4.69, 9.17) is 11.6 Å². The van der Waals surface area contributed by atoms with Crippen molar-refractivity contribution in [2.45, 2.75) is 19.9 Å². The molecule has 1 aromatic heterocycles. The lowest BCUT2D eigenvalue weighted by Crippen LogP contribution is -2.30. The standard InChI is InChI=1S/C28H23ClN2O2S/c1-19-23(17-26-27(32)30(28(33)34-26)16-15-20-9-3-2-4-10-20)22-12-6-8-14-25(22)31(19)18-21-11-5-7-13-24(21)29/h2-14,17H,15-16,18H2,1H3/b26-17-. The number of fused-ring (bicyclic) bond motifs is 1. The fourth-order valence-corrected chi connectivity index (χ4v) is 5.39. The number of carbonyl (C=O) groups excluding carboxylic acids is 2. The number of rotatable bonds is 6. The molecule has 0 N–H and O–H groups in total. The van der Waals surface area contributed by atoms with Crippen LogP contribution >= 0.6 is 23.4 Å². The predicted octanol–water partition coefficient (Wildman–Crippen LogP) is 6.93. The molecule has 0 spiro atoms. The summed E-state index contributed by atoms with van der Waals surface area (Å²) in [5, 5.41) is 1.55. The maximum Gasteiger partial charge on any atom is 0.293 e. The molecule has 2 amide bonds. The average Bonchev–Trinajstić information content (AvgIpc) is 3.27. The molecule has 0 radical (unpaired) electrons. The Morgan fingerprint density at radius 2 is 1.62 bits per heavy atom. The van der Waals surface area contributed by atoms with Gasteiger partial charge in [-0.25, -0.2) is 0 Å². The molecule has 0 saturated carbocycles. The summed E-state index contributed by atoms with van der Waals surface area (Å²) in [6, 6.07) is 25.8. The van der Waals surface area contributed by atoms with E-state index in [1.165, 1.54) is 4.90 Å². The van der Waals surface area contributed by atoms with Gasteiger partial charge in [-0.3, -0.25) is 14.5 Å². The lowest BCUT2D eigenvalue weighted by atomic mass is 10.1. The van der Waals surface area contributed by atoms with Gasteiger partial charge >= 0.3 is 0 Å². The molecule has 3 aromatic carbocycles. The van der Waals surface area contributed by atoms with Crippen LogP contribution in [0.1, 0.15) is 22.4 Å². The van der Waals surface area contributed by atoms with Crippen molar-refractivity contribution in [3.8, 4) is 0 Å². The third-order valence-corrected chi connectivity index (χ3v) is 7.46. The van der Waals surface area contributed by atoms with Crippen LogP contribution in [0.5, 0.6) is 0 Å². The van der Waals surface area contributed by atoms with Crippen LogP contribution in [0.4, 0.5) is 4.79 Å². The molecule has 2 heterocycles. The Hall–Kier alpha value is -3.28. The first-order valence-corrected chi connectivity index (χ1v) is 12.3. The van der Waals surface area contributed by atoms with Crippen molar-refractivity contribution in [1.29, 1.82) is 0 Å². The summed E-state index contributed by atoms with van der Waals surface area (Å²) in [4.78, 5) is 27.6. The maximum absolute atomic E-state index is 13.1. The van der Waals surface area contributed by atoms with Gasteiger partial charge in [0.2, 0.25) is 0 Å². The Balaban J connectivity index is 1.47. The van der Waals surface area contributed by atoms with E-state index in [1.54, 1.807) is 0 Å². The van der Waals surface area contributed by atoms with Crippen LogP contribution in [0.15, 0.2) is 83.8 Å². The summed E-state index contributed by atoms with van der Waals surface area (Å²) in [5.74, 6) is -0.228. The second-order valence-electron chi connectivity index (χ2n) is 8.26. The first-order chi connectivity index (χ1) is 16.5. The number of para-hydroxylation sites is 1. The van der Waals surface area contributed by atoms with Gasteiger partial charge in [-0.15, -0.1) is 0 Å². The number of hydrogen-bond donors (Lipinski definition) is 0. The van der Waals surface area contributed by atoms with Crippen molar-refractivity contribution in [2.75, 3.05) is 6.54 Å². The zero-order valence-corrected chi connectivity index (χ0v) is 20.3. The minimum Gasteiger partial charge on any atom is -0.340 e. The normalized spacial score (nSPS) is 15.1. The third kappa shape index (κ3) is 4.29. The van der Waals surface area contributed by atoms with Gasteiger partial charge in [-0.1, -0.05) is 78.3 Å². The minimum absolute atomic E-state index is 0.218. The topological polar surface area (TPSA) is 42.3 Å². The van der Waals surface area contributed by atoms with Crippen molar-refractivity contribution in [3.63, 3.8) is 0 Å². The zero-order chi connectivity index (χ0) is 23.7. The van der Waals surface area contributed by atoms with Crippen LogP contribution in [0, 0.1) is 6.92 Å². The molecule has 170 valence electrons. The van der Waals surface area contributed by atoms with Crippen LogP contribution < -0.4 is 0 Å². The molecule has 0 atom stereocenters. The van der Waals surface area contributed by atoms with Gasteiger partial charge < -0.3 is 4.57 Å². The Kier molecular flexibility index (Phi) is 6.31. The Morgan fingerprint density at radius 1 is 0.912 bits per heavy atom. The van der Waals surface area contributed by atoms with Crippen LogP contribution in [0.25, 0.3) is 17.0 Å². The van der Waals surface area contributed by atoms with Crippen LogP contribution in [0.2, 0.25) is 5.02 Å². The number of carbonyl (C=O) groups is 2. The summed E-state index contributed by atoms with van der Waals surface area (Å²) >= 11 is 7.44. The molecule has 5 rings (SSSR count). The summed E-state index contributed by atoms with van der Waals surface area (Å²) in [6.45, 7) is 3.04. The predicted molar refractivity (Wildman–Crippen MR) is 140 cm³/mol. The summed E-state index contributed by atoms with van der Waals surface area (Å²) in [7, 11) is 0. The zero-order valence-electron chi connectivity index (χ0n) is 18.7. The highest BCUT2D eigenvalue weighted by molar-refractivity contribution is 8.18. The maximum atomic E-state index is 13.1. The number of nitrogens with zero attached hydrogens (tertiary/aromatic N) is 2. The Morgan fingerprint density at radius 3 is 2.41 bits per heavy atom. The molecule has 0 bridgehead atoms. The van der Waals surface area contributed by atoms with Crippen molar-refractivity contribution >= 4 is 51.5 Å². The number of aromatic nitrogens is 1. The second kappa shape index (κ2) is 9.53. The molecule has 34 heavy (non-hydrogen) atoms. The molecule has 0 aliphatic carbocycles. The summed E-state index contributed by atoms with van der Waals surface area (Å²) in [6.07, 6.45) is 2.51. The number of amides is 2. The molecule has 0 unspecified atom stereocenters. The monoisotopic (exact) mass is 486 g/mol. The van der Waals surface area contributed by atoms with E-state index >= 15 is 0 Å². The van der Waals surface area contributed by atoms with Gasteiger partial charge in [0.1, 0.15) is 0 Å². The number of benzene rings is 3. The van der Waals surface area contributed by atoms with Gasteiger partial charge in [-0.2, -0.15) is 0 Å². The van der Waals surface area contributed by atoms with Gasteiger partial charge in [0.15, 0.2) is 0 Å². The molecule has 1 aliphatic heterocycles. The first-order valence-electron chi connectivity index (χ1n) is 11.1. The molecule has 1 fully saturated rings. The van der Waals surface area contributed by atoms with Gasteiger partial charge in [0.25, 0.3) is 11.1 Å². The van der Waals surface area contributed by atoms with E-state index in [1.807, 2.05) is 79.7 Å². The van der Waals surface area contributed by atoms with E-state index < -0.39 is 0 Å². The second-order valence-corrected chi connectivity index (χ2v) is 9.66. The van der Waals surface area contributed by atoms with Crippen LogP contribution in [0.3, 0.4) is 0 Å². The SMILES string of the molecule is Cc1c(/C=C2\SC(=O)N(CCc3ccccc3)C2=O)c2ccccc2n1Cc1ccccc1Cl. The molecule has 1 saturated heterocycles. The molecule has 4 nitrogen and oxygen atoms in total. The highest BCUT2D eigenvalue weighted by Crippen LogP contribution is 2.36. The number of imide groups is 1. The Bertz CT molecular complexity index is 1430. The van der Waals surface area contributed by atoms with E-state index in [2.05, 4.69) is 16.7 Å². The average molecular weight is 487 g/mol. The first kappa shape index (κ1) is 22.5. The van der Waals surface area contributed by atoms with Crippen molar-refractivity contribution in [3.05, 3.63) is 111 Å². The number of hydrogen-bond acceptors (Lipinski definition) is 3. The molecule has 1 aliphatic rings. The lowest BCUT2D eigenvalue weighted by Gasteiger charge is -2.12. The summed E-state index contributed by atoms with van der Waals surface area (Å²) < 4.78 is 2.21. The van der Waals surface area contributed by atoms with Gasteiger partial charge in [-0.05, 0) is 54.4 Å². The highest BCUT2D eigenvalue weighted by Gasteiger charge is 2.35. The highest BCUT2D eigenvalue weighted by atomic mass is 35.5. The quantitative estimate of drug-likeness (QED) is 0.277. The fraction of sp³-hybridized carbons (Fsp3) is 0.143. The number of thioether (sulfide) groups is 1. The molecule has 4 aromatic rings. The number of halogens is 1. The van der Waals surface area contributed by atoms with E-state index in [9.17, 15) is 9.59 Å². The lowest BCUT2D eigenvalue weighted by molar-refractivity contribution is -0.122. The fourth-order valence-electron chi connectivity index (χ4n) is 4.35. The van der Waals surface area contributed by atoms with Gasteiger partial charge in [0.05, 0.1) is 4.91 Å². The molecular weight excluding hydrogens is 464 g/mol. The van der Waals surface area contributed by atoms with Crippen molar-refractivity contribution in [1.82, 2.24) is 9.47 Å². The Labute approximate surface area is 207 Å².